The number of halogens is 1. The number of carbonyl (C=O) groups excluding carboxylic acids is 2. The zero-order valence-electron chi connectivity index (χ0n) is 24.3. The van der Waals surface area contributed by atoms with Crippen LogP contribution in [0.5, 0.6) is 23.0 Å². The minimum atomic E-state index is -0.681. The Kier molecular flexibility index (Phi) is 8.77. The van der Waals surface area contributed by atoms with Crippen molar-refractivity contribution >= 4 is 40.1 Å². The summed E-state index contributed by atoms with van der Waals surface area (Å²) in [7, 11) is 6.35. The number of ether oxygens (including phenoxy) is 3. The lowest BCUT2D eigenvalue weighted by Gasteiger charge is -2.15. The summed E-state index contributed by atoms with van der Waals surface area (Å²) >= 11 is 6.03. The van der Waals surface area contributed by atoms with Gasteiger partial charge in [0.15, 0.2) is 11.5 Å². The van der Waals surface area contributed by atoms with Gasteiger partial charge in [-0.3, -0.25) is 19.4 Å². The average molecular weight is 614 g/mol. The number of likely N-dealkylation sites (N-methyl/N-ethyl adjacent to an activating group) is 1. The van der Waals surface area contributed by atoms with Crippen LogP contribution in [-0.2, 0) is 11.3 Å². The summed E-state index contributed by atoms with van der Waals surface area (Å²) in [6, 6.07) is 15.1. The smallest absolute Gasteiger partial charge is 0.262 e. The van der Waals surface area contributed by atoms with Crippen LogP contribution in [0.4, 0.5) is 5.82 Å². The third kappa shape index (κ3) is 6.47. The number of hydrogen-bond donors (Lipinski definition) is 1. The van der Waals surface area contributed by atoms with Gasteiger partial charge in [0.2, 0.25) is 11.3 Å². The molecule has 0 unspecified atom stereocenters. The molecule has 2 amide bonds. The number of nitrogens with one attached hydrogen (secondary N) is 1. The number of fused-ring (bicyclic) bond motifs is 1. The number of benzene rings is 2. The van der Waals surface area contributed by atoms with Gasteiger partial charge < -0.3 is 29.0 Å². The Morgan fingerprint density at radius 3 is 2.32 bits per heavy atom. The van der Waals surface area contributed by atoms with Gasteiger partial charge in [-0.05, 0) is 42.0 Å². The molecule has 224 valence electrons. The lowest BCUT2D eigenvalue weighted by Crippen LogP contribution is -2.29. The fourth-order valence-electron chi connectivity index (χ4n) is 4.38. The first-order valence-electron chi connectivity index (χ1n) is 13.3. The van der Waals surface area contributed by atoms with E-state index in [2.05, 4.69) is 15.3 Å². The first-order chi connectivity index (χ1) is 21.2. The lowest BCUT2D eigenvalue weighted by molar-refractivity contribution is -0.129. The Balaban J connectivity index is 1.40. The monoisotopic (exact) mass is 613 g/mol. The van der Waals surface area contributed by atoms with Gasteiger partial charge in [-0.2, -0.15) is 0 Å². The highest BCUT2D eigenvalue weighted by Crippen LogP contribution is 2.36. The summed E-state index contributed by atoms with van der Waals surface area (Å²) in [5.74, 6) is 1.29. The fraction of sp³-hybridized carbons (Fsp3) is 0.156. The number of anilines is 1. The van der Waals surface area contributed by atoms with E-state index in [-0.39, 0.29) is 29.4 Å². The number of carbonyl (C=O) groups is 2. The summed E-state index contributed by atoms with van der Waals surface area (Å²) in [4.78, 5) is 49.3. The summed E-state index contributed by atoms with van der Waals surface area (Å²) in [6.07, 6.45) is 5.96. The Hall–Kier alpha value is -5.42. The second-order valence-electron chi connectivity index (χ2n) is 9.85. The molecular weight excluding hydrogens is 586 g/mol. The van der Waals surface area contributed by atoms with Crippen LogP contribution in [0.1, 0.15) is 10.4 Å². The highest BCUT2D eigenvalue weighted by molar-refractivity contribution is 6.30. The van der Waals surface area contributed by atoms with E-state index in [0.717, 1.165) is 0 Å². The minimum absolute atomic E-state index is 0.0687. The standard InChI is InChI=1S/C32H28ClN5O6/c1-37(2)30(39)18-38-16-23(19-5-7-20(33)8-6-19)31(40)24(17-38)32(41)36-29-10-9-21(15-35-29)44-26-11-12-34-25-14-28(43-4)27(42-3)13-22(25)26/h5-17H,18H2,1-4H3,(H,35,36,41). The Labute approximate surface area is 257 Å². The van der Waals surface area contributed by atoms with E-state index in [1.165, 1.54) is 21.9 Å². The van der Waals surface area contributed by atoms with E-state index >= 15 is 0 Å². The maximum absolute atomic E-state index is 13.4. The van der Waals surface area contributed by atoms with Crippen LogP contribution in [0.3, 0.4) is 0 Å². The van der Waals surface area contributed by atoms with Gasteiger partial charge in [0.1, 0.15) is 29.4 Å². The van der Waals surface area contributed by atoms with Crippen molar-refractivity contribution in [3.8, 4) is 34.1 Å². The van der Waals surface area contributed by atoms with Gasteiger partial charge in [0.05, 0.1) is 25.9 Å². The molecule has 0 spiro atoms. The van der Waals surface area contributed by atoms with Crippen molar-refractivity contribution in [2.75, 3.05) is 33.6 Å². The van der Waals surface area contributed by atoms with Crippen LogP contribution in [0, 0.1) is 0 Å². The molecule has 0 radical (unpaired) electrons. The number of amides is 2. The summed E-state index contributed by atoms with van der Waals surface area (Å²) in [6.45, 7) is -0.0687. The van der Waals surface area contributed by atoms with E-state index in [1.54, 1.807) is 95.3 Å². The van der Waals surface area contributed by atoms with Crippen LogP contribution in [0.2, 0.25) is 5.02 Å². The van der Waals surface area contributed by atoms with Gasteiger partial charge in [0.25, 0.3) is 5.91 Å². The first-order valence-corrected chi connectivity index (χ1v) is 13.7. The van der Waals surface area contributed by atoms with Gasteiger partial charge in [-0.1, -0.05) is 23.7 Å². The second-order valence-corrected chi connectivity index (χ2v) is 10.3. The molecule has 0 saturated carbocycles. The highest BCUT2D eigenvalue weighted by Gasteiger charge is 2.19. The van der Waals surface area contributed by atoms with Crippen molar-refractivity contribution in [1.29, 1.82) is 0 Å². The molecule has 2 aromatic carbocycles. The molecule has 44 heavy (non-hydrogen) atoms. The molecule has 1 N–H and O–H groups in total. The quantitative estimate of drug-likeness (QED) is 0.239. The molecule has 0 fully saturated rings. The number of methoxy groups -OCH3 is 2. The molecule has 0 atom stereocenters. The molecule has 0 aliphatic heterocycles. The van der Waals surface area contributed by atoms with Crippen LogP contribution in [0.15, 0.2) is 84.2 Å². The van der Waals surface area contributed by atoms with Crippen LogP contribution >= 0.6 is 11.6 Å². The molecule has 0 aliphatic carbocycles. The zero-order valence-corrected chi connectivity index (χ0v) is 25.1. The topological polar surface area (TPSA) is 125 Å². The molecule has 12 heteroatoms. The fourth-order valence-corrected chi connectivity index (χ4v) is 4.50. The number of rotatable bonds is 9. The molecule has 11 nitrogen and oxygen atoms in total. The van der Waals surface area contributed by atoms with Crippen molar-refractivity contribution in [1.82, 2.24) is 19.4 Å². The number of hydrogen-bond acceptors (Lipinski definition) is 8. The SMILES string of the molecule is COc1cc2nccc(Oc3ccc(NC(=O)c4cn(CC(=O)N(C)C)cc(-c5ccc(Cl)cc5)c4=O)nc3)c2cc1OC. The predicted molar refractivity (Wildman–Crippen MR) is 167 cm³/mol. The van der Waals surface area contributed by atoms with Gasteiger partial charge in [-0.25, -0.2) is 4.98 Å². The van der Waals surface area contributed by atoms with E-state index < -0.39 is 11.3 Å². The van der Waals surface area contributed by atoms with Crippen molar-refractivity contribution in [2.45, 2.75) is 6.54 Å². The third-order valence-electron chi connectivity index (χ3n) is 6.71. The Morgan fingerprint density at radius 1 is 0.932 bits per heavy atom. The largest absolute Gasteiger partial charge is 0.493 e. The van der Waals surface area contributed by atoms with E-state index in [1.807, 2.05) is 0 Å². The first kappa shape index (κ1) is 30.1. The van der Waals surface area contributed by atoms with Crippen molar-refractivity contribution in [3.05, 3.63) is 100 Å². The average Bonchev–Trinajstić information content (AvgIpc) is 3.02. The predicted octanol–water partition coefficient (Wildman–Crippen LogP) is 5.26. The number of pyridine rings is 3. The molecule has 0 aliphatic rings. The normalized spacial score (nSPS) is 10.8. The summed E-state index contributed by atoms with van der Waals surface area (Å²) in [5.41, 5.74) is 0.792. The number of aromatic nitrogens is 3. The van der Waals surface area contributed by atoms with Crippen molar-refractivity contribution < 1.29 is 23.8 Å². The van der Waals surface area contributed by atoms with E-state index in [9.17, 15) is 14.4 Å². The lowest BCUT2D eigenvalue weighted by atomic mass is 10.0. The van der Waals surface area contributed by atoms with Gasteiger partial charge in [0, 0.05) is 54.7 Å². The maximum atomic E-state index is 13.4. The summed E-state index contributed by atoms with van der Waals surface area (Å²) < 4.78 is 18.3. The van der Waals surface area contributed by atoms with Gasteiger partial charge >= 0.3 is 0 Å². The van der Waals surface area contributed by atoms with E-state index in [4.69, 9.17) is 25.8 Å². The third-order valence-corrected chi connectivity index (χ3v) is 6.96. The minimum Gasteiger partial charge on any atom is -0.493 e. The van der Waals surface area contributed by atoms with Crippen LogP contribution in [0.25, 0.3) is 22.0 Å². The molecule has 0 bridgehead atoms. The zero-order chi connectivity index (χ0) is 31.4. The number of nitrogens with zero attached hydrogens (tertiary/aromatic N) is 4. The van der Waals surface area contributed by atoms with Crippen molar-refractivity contribution in [2.24, 2.45) is 0 Å². The molecule has 3 aromatic heterocycles. The Morgan fingerprint density at radius 2 is 1.66 bits per heavy atom. The van der Waals surface area contributed by atoms with Crippen molar-refractivity contribution in [3.63, 3.8) is 0 Å². The highest BCUT2D eigenvalue weighted by atomic mass is 35.5. The molecular formula is C32H28ClN5O6. The second kappa shape index (κ2) is 12.8. The Bertz CT molecular complexity index is 1910. The van der Waals surface area contributed by atoms with E-state index in [0.29, 0.717) is 44.5 Å². The van der Waals surface area contributed by atoms with Gasteiger partial charge in [-0.15, -0.1) is 0 Å². The summed E-state index contributed by atoms with van der Waals surface area (Å²) in [5, 5.41) is 3.87. The molecule has 0 saturated heterocycles. The molecule has 5 aromatic rings. The molecule has 5 rings (SSSR count). The maximum Gasteiger partial charge on any atom is 0.262 e. The molecule has 3 heterocycles. The van der Waals surface area contributed by atoms with Crippen LogP contribution < -0.4 is 25.0 Å². The van der Waals surface area contributed by atoms with Crippen LogP contribution in [-0.4, -0.2) is 59.6 Å².